The quantitative estimate of drug-likeness (QED) is 0.577. The van der Waals surface area contributed by atoms with Crippen LogP contribution in [0.4, 0.5) is 4.39 Å². The SMILES string of the molecule is COc1ccccc1C(=O)NCc1ccc(CNS(=O)(=O)c2ccc(F)cc2)cc1. The van der Waals surface area contributed by atoms with E-state index in [1.807, 2.05) is 12.1 Å². The number of rotatable bonds is 8. The Balaban J connectivity index is 1.56. The summed E-state index contributed by atoms with van der Waals surface area (Å²) in [7, 11) is -2.22. The van der Waals surface area contributed by atoms with Crippen LogP contribution in [0.3, 0.4) is 0 Å². The molecule has 0 aliphatic carbocycles. The minimum absolute atomic E-state index is 0.000396. The van der Waals surface area contributed by atoms with Gasteiger partial charge in [0, 0.05) is 13.1 Å². The van der Waals surface area contributed by atoms with Crippen molar-refractivity contribution in [3.8, 4) is 5.75 Å². The molecule has 6 nitrogen and oxygen atoms in total. The van der Waals surface area contributed by atoms with Gasteiger partial charge >= 0.3 is 0 Å². The van der Waals surface area contributed by atoms with Crippen molar-refractivity contribution in [1.29, 1.82) is 0 Å². The van der Waals surface area contributed by atoms with Gasteiger partial charge in [-0.2, -0.15) is 0 Å². The maximum absolute atomic E-state index is 13.0. The first-order chi connectivity index (χ1) is 14.4. The van der Waals surface area contributed by atoms with Crippen LogP contribution in [0.1, 0.15) is 21.5 Å². The fourth-order valence-corrected chi connectivity index (χ4v) is 3.78. The Morgan fingerprint density at radius 2 is 1.50 bits per heavy atom. The van der Waals surface area contributed by atoms with Crippen molar-refractivity contribution in [2.45, 2.75) is 18.0 Å². The van der Waals surface area contributed by atoms with Crippen molar-refractivity contribution in [3.05, 3.63) is 95.3 Å². The van der Waals surface area contributed by atoms with Crippen LogP contribution in [0.2, 0.25) is 0 Å². The average molecular weight is 428 g/mol. The largest absolute Gasteiger partial charge is 0.496 e. The number of nitrogens with one attached hydrogen (secondary N) is 2. The van der Waals surface area contributed by atoms with Gasteiger partial charge in [-0.15, -0.1) is 0 Å². The molecule has 3 aromatic rings. The summed E-state index contributed by atoms with van der Waals surface area (Å²) in [5.74, 6) is -0.246. The molecule has 0 radical (unpaired) electrons. The molecule has 3 rings (SSSR count). The summed E-state index contributed by atoms with van der Waals surface area (Å²) in [6.45, 7) is 0.409. The van der Waals surface area contributed by atoms with Gasteiger partial charge < -0.3 is 10.1 Å². The highest BCUT2D eigenvalue weighted by Gasteiger charge is 2.14. The summed E-state index contributed by atoms with van der Waals surface area (Å²) in [6, 6.07) is 18.8. The molecule has 0 atom stereocenters. The summed E-state index contributed by atoms with van der Waals surface area (Å²) < 4.78 is 45.1. The average Bonchev–Trinajstić information content (AvgIpc) is 2.77. The highest BCUT2D eigenvalue weighted by molar-refractivity contribution is 7.89. The van der Waals surface area contributed by atoms with E-state index < -0.39 is 15.8 Å². The number of ether oxygens (including phenoxy) is 1. The Morgan fingerprint density at radius 3 is 2.13 bits per heavy atom. The van der Waals surface area contributed by atoms with Gasteiger partial charge in [0.25, 0.3) is 5.91 Å². The molecule has 0 fully saturated rings. The number of hydrogen-bond acceptors (Lipinski definition) is 4. The number of methoxy groups -OCH3 is 1. The third-order valence-electron chi connectivity index (χ3n) is 4.42. The zero-order valence-electron chi connectivity index (χ0n) is 16.3. The molecule has 0 spiro atoms. The highest BCUT2D eigenvalue weighted by Crippen LogP contribution is 2.17. The van der Waals surface area contributed by atoms with Crippen LogP contribution < -0.4 is 14.8 Å². The van der Waals surface area contributed by atoms with E-state index in [1.165, 1.54) is 19.2 Å². The predicted molar refractivity (Wildman–Crippen MR) is 111 cm³/mol. The van der Waals surface area contributed by atoms with Crippen molar-refractivity contribution in [2.75, 3.05) is 7.11 Å². The van der Waals surface area contributed by atoms with E-state index in [9.17, 15) is 17.6 Å². The normalized spacial score (nSPS) is 11.1. The van der Waals surface area contributed by atoms with Gasteiger partial charge in [0.15, 0.2) is 0 Å². The van der Waals surface area contributed by atoms with Crippen molar-refractivity contribution < 1.29 is 22.3 Å². The van der Waals surface area contributed by atoms with E-state index in [4.69, 9.17) is 4.74 Å². The van der Waals surface area contributed by atoms with Gasteiger partial charge in [-0.25, -0.2) is 17.5 Å². The smallest absolute Gasteiger partial charge is 0.255 e. The van der Waals surface area contributed by atoms with Gasteiger partial charge in [-0.1, -0.05) is 36.4 Å². The second kappa shape index (κ2) is 9.51. The number of benzene rings is 3. The summed E-state index contributed by atoms with van der Waals surface area (Å²) in [6.07, 6.45) is 0. The van der Waals surface area contributed by atoms with Gasteiger partial charge in [-0.3, -0.25) is 4.79 Å². The Bertz CT molecular complexity index is 1110. The summed E-state index contributed by atoms with van der Waals surface area (Å²) in [4.78, 5) is 12.3. The lowest BCUT2D eigenvalue weighted by Crippen LogP contribution is -2.24. The summed E-state index contributed by atoms with van der Waals surface area (Å²) in [5, 5.41) is 2.83. The maximum atomic E-state index is 13.0. The fraction of sp³-hybridized carbons (Fsp3) is 0.136. The van der Waals surface area contributed by atoms with Crippen molar-refractivity contribution in [1.82, 2.24) is 10.0 Å². The van der Waals surface area contributed by atoms with Crippen LogP contribution in [-0.2, 0) is 23.1 Å². The van der Waals surface area contributed by atoms with E-state index in [1.54, 1.807) is 36.4 Å². The third kappa shape index (κ3) is 5.43. The van der Waals surface area contributed by atoms with Crippen LogP contribution in [0, 0.1) is 5.82 Å². The van der Waals surface area contributed by atoms with Crippen LogP contribution in [-0.4, -0.2) is 21.4 Å². The summed E-state index contributed by atoms with van der Waals surface area (Å²) >= 11 is 0. The molecular weight excluding hydrogens is 407 g/mol. The summed E-state index contributed by atoms with van der Waals surface area (Å²) in [5.41, 5.74) is 2.07. The molecule has 0 unspecified atom stereocenters. The minimum Gasteiger partial charge on any atom is -0.496 e. The van der Waals surface area contributed by atoms with E-state index in [0.717, 1.165) is 23.3 Å². The number of para-hydroxylation sites is 1. The van der Waals surface area contributed by atoms with Crippen molar-refractivity contribution in [3.63, 3.8) is 0 Å². The second-order valence-electron chi connectivity index (χ2n) is 6.48. The molecular formula is C22H21FN2O4S. The Morgan fingerprint density at radius 1 is 0.900 bits per heavy atom. The zero-order valence-corrected chi connectivity index (χ0v) is 17.1. The number of carbonyl (C=O) groups excluding carboxylic acids is 1. The van der Waals surface area contributed by atoms with Crippen LogP contribution in [0.15, 0.2) is 77.7 Å². The Labute approximate surface area is 174 Å². The molecule has 0 heterocycles. The second-order valence-corrected chi connectivity index (χ2v) is 8.24. The zero-order chi connectivity index (χ0) is 21.6. The van der Waals surface area contributed by atoms with Crippen LogP contribution >= 0.6 is 0 Å². The molecule has 0 aliphatic heterocycles. The topological polar surface area (TPSA) is 84.5 Å². The van der Waals surface area contributed by atoms with Crippen molar-refractivity contribution in [2.24, 2.45) is 0 Å². The standard InChI is InChI=1S/C22H21FN2O4S/c1-29-21-5-3-2-4-20(21)22(26)24-14-16-6-8-17(9-7-16)15-25-30(27,28)19-12-10-18(23)11-13-19/h2-13,25H,14-15H2,1H3,(H,24,26). The first-order valence-electron chi connectivity index (χ1n) is 9.13. The van der Waals surface area contributed by atoms with E-state index in [2.05, 4.69) is 10.0 Å². The monoisotopic (exact) mass is 428 g/mol. The van der Waals surface area contributed by atoms with Crippen molar-refractivity contribution >= 4 is 15.9 Å². The molecule has 30 heavy (non-hydrogen) atoms. The van der Waals surface area contributed by atoms with Crippen LogP contribution in [0.25, 0.3) is 0 Å². The Hall–Kier alpha value is -3.23. The number of halogens is 1. The minimum atomic E-state index is -3.73. The molecule has 0 saturated carbocycles. The van der Waals surface area contributed by atoms with Gasteiger partial charge in [0.2, 0.25) is 10.0 Å². The van der Waals surface area contributed by atoms with E-state index in [-0.39, 0.29) is 17.3 Å². The van der Waals surface area contributed by atoms with Gasteiger partial charge in [0.1, 0.15) is 11.6 Å². The molecule has 156 valence electrons. The van der Waals surface area contributed by atoms with Gasteiger partial charge in [-0.05, 0) is 47.5 Å². The predicted octanol–water partition coefficient (Wildman–Crippen LogP) is 3.24. The first kappa shape index (κ1) is 21.5. The van der Waals surface area contributed by atoms with E-state index in [0.29, 0.717) is 17.9 Å². The maximum Gasteiger partial charge on any atom is 0.255 e. The highest BCUT2D eigenvalue weighted by atomic mass is 32.2. The molecule has 3 aromatic carbocycles. The molecule has 0 aromatic heterocycles. The molecule has 8 heteroatoms. The van der Waals surface area contributed by atoms with Crippen LogP contribution in [0.5, 0.6) is 5.75 Å². The molecule has 0 saturated heterocycles. The third-order valence-corrected chi connectivity index (χ3v) is 5.84. The number of amides is 1. The van der Waals surface area contributed by atoms with Gasteiger partial charge in [0.05, 0.1) is 17.6 Å². The lowest BCUT2D eigenvalue weighted by Gasteiger charge is -2.10. The fourth-order valence-electron chi connectivity index (χ4n) is 2.76. The molecule has 1 amide bonds. The number of carbonyl (C=O) groups is 1. The molecule has 0 aliphatic rings. The Kier molecular flexibility index (Phi) is 6.81. The lowest BCUT2D eigenvalue weighted by atomic mass is 10.1. The molecule has 0 bridgehead atoms. The first-order valence-corrected chi connectivity index (χ1v) is 10.6. The number of sulfonamides is 1. The van der Waals surface area contributed by atoms with E-state index >= 15 is 0 Å². The molecule has 2 N–H and O–H groups in total. The lowest BCUT2D eigenvalue weighted by molar-refractivity contribution is 0.0948. The number of hydrogen-bond donors (Lipinski definition) is 2.